The van der Waals surface area contributed by atoms with Gasteiger partial charge in [-0.05, 0) is 59.9 Å². The molecule has 2 heterocycles. The fourth-order valence-corrected chi connectivity index (χ4v) is 3.59. The first-order chi connectivity index (χ1) is 8.56. The largest absolute Gasteiger partial charge is 0.375 e. The Balaban J connectivity index is 1.95. The van der Waals surface area contributed by atoms with Crippen LogP contribution in [0.5, 0.6) is 0 Å². The summed E-state index contributed by atoms with van der Waals surface area (Å²) in [7, 11) is 0. The van der Waals surface area contributed by atoms with Crippen LogP contribution in [0.2, 0.25) is 0 Å². The van der Waals surface area contributed by atoms with E-state index in [9.17, 15) is 0 Å². The third-order valence-corrected chi connectivity index (χ3v) is 4.40. The molecule has 0 spiro atoms. The van der Waals surface area contributed by atoms with Crippen LogP contribution in [-0.4, -0.2) is 48.3 Å². The first kappa shape index (κ1) is 14.3. The summed E-state index contributed by atoms with van der Waals surface area (Å²) in [6, 6.07) is 2.04. The molecule has 0 aromatic rings. The predicted octanol–water partition coefficient (Wildman–Crippen LogP) is 2.40. The van der Waals surface area contributed by atoms with Gasteiger partial charge in [0.15, 0.2) is 0 Å². The fraction of sp³-hybridized carbons (Fsp3) is 1.00. The van der Waals surface area contributed by atoms with E-state index < -0.39 is 0 Å². The highest BCUT2D eigenvalue weighted by Gasteiger charge is 2.31. The molecule has 3 unspecified atom stereocenters. The Bertz CT molecular complexity index is 241. The number of hydrogen-bond donors (Lipinski definition) is 1. The summed E-state index contributed by atoms with van der Waals surface area (Å²) in [4.78, 5) is 2.71. The molecule has 0 radical (unpaired) electrons. The standard InChI is InChI=1S/C15H30N2O/c1-11(2)17(10-14-6-5-7-16-14)15-8-12(3)18-13(4)9-15/h11-16H,5-10H2,1-4H3. The molecular formula is C15H30N2O. The van der Waals surface area contributed by atoms with Crippen molar-refractivity contribution in [2.24, 2.45) is 0 Å². The molecule has 3 atom stereocenters. The van der Waals surface area contributed by atoms with Gasteiger partial charge in [-0.15, -0.1) is 0 Å². The van der Waals surface area contributed by atoms with Gasteiger partial charge in [0.05, 0.1) is 12.2 Å². The summed E-state index contributed by atoms with van der Waals surface area (Å²) in [5.74, 6) is 0. The Labute approximate surface area is 112 Å². The van der Waals surface area contributed by atoms with Gasteiger partial charge < -0.3 is 10.1 Å². The average molecular weight is 254 g/mol. The molecule has 1 N–H and O–H groups in total. The third-order valence-electron chi connectivity index (χ3n) is 4.40. The number of ether oxygens (including phenoxy) is 1. The number of rotatable bonds is 4. The van der Waals surface area contributed by atoms with Crippen LogP contribution in [0.15, 0.2) is 0 Å². The van der Waals surface area contributed by atoms with Crippen LogP contribution in [-0.2, 0) is 4.74 Å². The average Bonchev–Trinajstić information content (AvgIpc) is 2.76. The molecule has 2 saturated heterocycles. The zero-order valence-electron chi connectivity index (χ0n) is 12.5. The Morgan fingerprint density at radius 1 is 1.22 bits per heavy atom. The molecule has 2 aliphatic rings. The van der Waals surface area contributed by atoms with Gasteiger partial charge in [0.2, 0.25) is 0 Å². The topological polar surface area (TPSA) is 24.5 Å². The maximum absolute atomic E-state index is 5.87. The van der Waals surface area contributed by atoms with Crippen LogP contribution >= 0.6 is 0 Å². The molecule has 18 heavy (non-hydrogen) atoms. The summed E-state index contributed by atoms with van der Waals surface area (Å²) >= 11 is 0. The van der Waals surface area contributed by atoms with Crippen LogP contribution < -0.4 is 5.32 Å². The van der Waals surface area contributed by atoms with E-state index in [-0.39, 0.29) is 0 Å². The van der Waals surface area contributed by atoms with E-state index in [1.807, 2.05) is 0 Å². The molecular weight excluding hydrogens is 224 g/mol. The second-order valence-electron chi connectivity index (χ2n) is 6.47. The van der Waals surface area contributed by atoms with Crippen molar-refractivity contribution in [1.29, 1.82) is 0 Å². The third kappa shape index (κ3) is 3.69. The Hall–Kier alpha value is -0.120. The van der Waals surface area contributed by atoms with Crippen molar-refractivity contribution >= 4 is 0 Å². The van der Waals surface area contributed by atoms with Crippen LogP contribution in [0.1, 0.15) is 53.4 Å². The molecule has 2 rings (SSSR count). The Morgan fingerprint density at radius 3 is 2.39 bits per heavy atom. The van der Waals surface area contributed by atoms with Gasteiger partial charge in [0, 0.05) is 24.7 Å². The lowest BCUT2D eigenvalue weighted by Gasteiger charge is -2.42. The normalized spacial score (nSPS) is 37.7. The molecule has 3 heteroatoms. The molecule has 0 aromatic heterocycles. The summed E-state index contributed by atoms with van der Waals surface area (Å²) in [6.45, 7) is 11.5. The molecule has 0 saturated carbocycles. The Morgan fingerprint density at radius 2 is 1.89 bits per heavy atom. The van der Waals surface area contributed by atoms with Crippen LogP contribution in [0, 0.1) is 0 Å². The van der Waals surface area contributed by atoms with Gasteiger partial charge in [-0.3, -0.25) is 4.90 Å². The van der Waals surface area contributed by atoms with Gasteiger partial charge in [-0.2, -0.15) is 0 Å². The van der Waals surface area contributed by atoms with E-state index in [1.165, 1.54) is 38.8 Å². The minimum atomic E-state index is 0.413. The van der Waals surface area contributed by atoms with E-state index in [4.69, 9.17) is 4.74 Å². The Kier molecular flexibility index (Phi) is 5.05. The number of nitrogens with zero attached hydrogens (tertiary/aromatic N) is 1. The maximum Gasteiger partial charge on any atom is 0.0565 e. The molecule has 0 amide bonds. The van der Waals surface area contributed by atoms with E-state index in [0.717, 1.165) is 0 Å². The summed E-state index contributed by atoms with van der Waals surface area (Å²) < 4.78 is 5.87. The van der Waals surface area contributed by atoms with E-state index >= 15 is 0 Å². The van der Waals surface area contributed by atoms with Crippen molar-refractivity contribution in [3.05, 3.63) is 0 Å². The van der Waals surface area contributed by atoms with Crippen LogP contribution in [0.4, 0.5) is 0 Å². The van der Waals surface area contributed by atoms with Gasteiger partial charge in [0.1, 0.15) is 0 Å². The van der Waals surface area contributed by atoms with Gasteiger partial charge in [-0.25, -0.2) is 0 Å². The molecule has 106 valence electrons. The molecule has 0 bridgehead atoms. The van der Waals surface area contributed by atoms with Crippen LogP contribution in [0.3, 0.4) is 0 Å². The first-order valence-corrected chi connectivity index (χ1v) is 7.71. The minimum Gasteiger partial charge on any atom is -0.375 e. The number of nitrogens with one attached hydrogen (secondary N) is 1. The van der Waals surface area contributed by atoms with E-state index in [2.05, 4.69) is 37.9 Å². The second kappa shape index (κ2) is 6.36. The van der Waals surface area contributed by atoms with Crippen molar-refractivity contribution in [3.8, 4) is 0 Å². The lowest BCUT2D eigenvalue weighted by atomic mass is 9.96. The number of hydrogen-bond acceptors (Lipinski definition) is 3. The van der Waals surface area contributed by atoms with Crippen molar-refractivity contribution < 1.29 is 4.74 Å². The molecule has 0 aliphatic carbocycles. The van der Waals surface area contributed by atoms with Crippen LogP contribution in [0.25, 0.3) is 0 Å². The smallest absolute Gasteiger partial charge is 0.0565 e. The van der Waals surface area contributed by atoms with Crippen molar-refractivity contribution in [3.63, 3.8) is 0 Å². The zero-order valence-corrected chi connectivity index (χ0v) is 12.5. The minimum absolute atomic E-state index is 0.413. The summed E-state index contributed by atoms with van der Waals surface area (Å²) in [5, 5.41) is 3.63. The quantitative estimate of drug-likeness (QED) is 0.834. The van der Waals surface area contributed by atoms with E-state index in [1.54, 1.807) is 0 Å². The maximum atomic E-state index is 5.87. The van der Waals surface area contributed by atoms with Gasteiger partial charge in [0.25, 0.3) is 0 Å². The highest BCUT2D eigenvalue weighted by molar-refractivity contribution is 4.87. The zero-order chi connectivity index (χ0) is 13.1. The summed E-state index contributed by atoms with van der Waals surface area (Å²) in [5.41, 5.74) is 0. The fourth-order valence-electron chi connectivity index (χ4n) is 3.59. The van der Waals surface area contributed by atoms with Crippen molar-refractivity contribution in [2.75, 3.05) is 13.1 Å². The predicted molar refractivity (Wildman–Crippen MR) is 75.9 cm³/mol. The first-order valence-electron chi connectivity index (χ1n) is 7.71. The van der Waals surface area contributed by atoms with E-state index in [0.29, 0.717) is 30.3 Å². The molecule has 3 nitrogen and oxygen atoms in total. The summed E-state index contributed by atoms with van der Waals surface area (Å²) in [6.07, 6.45) is 5.90. The lowest BCUT2D eigenvalue weighted by molar-refractivity contribution is -0.0712. The van der Waals surface area contributed by atoms with Crippen molar-refractivity contribution in [1.82, 2.24) is 10.2 Å². The lowest BCUT2D eigenvalue weighted by Crippen LogP contribution is -2.51. The molecule has 0 aromatic carbocycles. The SMILES string of the molecule is CC1CC(N(CC2CCCN2)C(C)C)CC(C)O1. The monoisotopic (exact) mass is 254 g/mol. The highest BCUT2D eigenvalue weighted by atomic mass is 16.5. The van der Waals surface area contributed by atoms with Crippen molar-refractivity contribution in [2.45, 2.75) is 83.7 Å². The highest BCUT2D eigenvalue weighted by Crippen LogP contribution is 2.26. The molecule has 2 aliphatic heterocycles. The van der Waals surface area contributed by atoms with Gasteiger partial charge in [-0.1, -0.05) is 0 Å². The second-order valence-corrected chi connectivity index (χ2v) is 6.47. The molecule has 2 fully saturated rings. The van der Waals surface area contributed by atoms with Gasteiger partial charge >= 0.3 is 0 Å².